The van der Waals surface area contributed by atoms with E-state index in [4.69, 9.17) is 5.73 Å². The average molecular weight is 306 g/mol. The summed E-state index contributed by atoms with van der Waals surface area (Å²) in [6, 6.07) is 0. The van der Waals surface area contributed by atoms with Crippen LogP contribution in [0.15, 0.2) is 0 Å². The van der Waals surface area contributed by atoms with Crippen LogP contribution in [0.5, 0.6) is 0 Å². The van der Waals surface area contributed by atoms with Crippen molar-refractivity contribution in [2.24, 2.45) is 17.6 Å². The van der Waals surface area contributed by atoms with Gasteiger partial charge in [0.15, 0.2) is 0 Å². The standard InChI is InChI=1S/C15H25F3N2O/c16-15(17,18)12-6-4-5-11(9-12)13(21)20-10-14(19)7-2-1-3-8-14/h11-12H,1-10,19H2,(H,20,21). The minimum absolute atomic E-state index is 0.0765. The van der Waals surface area contributed by atoms with Crippen molar-refractivity contribution >= 4 is 5.91 Å². The number of halogens is 3. The van der Waals surface area contributed by atoms with E-state index in [1.807, 2.05) is 0 Å². The predicted octanol–water partition coefficient (Wildman–Crippen LogP) is 3.13. The van der Waals surface area contributed by atoms with Gasteiger partial charge in [-0.1, -0.05) is 25.7 Å². The highest BCUT2D eigenvalue weighted by atomic mass is 19.4. The molecule has 0 aliphatic heterocycles. The van der Waals surface area contributed by atoms with E-state index < -0.39 is 18.0 Å². The third kappa shape index (κ3) is 4.59. The molecular weight excluding hydrogens is 281 g/mol. The van der Waals surface area contributed by atoms with Gasteiger partial charge in [-0.2, -0.15) is 13.2 Å². The monoisotopic (exact) mass is 306 g/mol. The predicted molar refractivity (Wildman–Crippen MR) is 74.5 cm³/mol. The quantitative estimate of drug-likeness (QED) is 0.841. The second-order valence-corrected chi connectivity index (χ2v) is 6.74. The molecule has 0 radical (unpaired) electrons. The Kier molecular flexibility index (Phi) is 5.17. The van der Waals surface area contributed by atoms with E-state index in [-0.39, 0.29) is 24.3 Å². The van der Waals surface area contributed by atoms with Crippen LogP contribution in [0.4, 0.5) is 13.2 Å². The van der Waals surface area contributed by atoms with Crippen molar-refractivity contribution in [1.82, 2.24) is 5.32 Å². The van der Waals surface area contributed by atoms with Crippen molar-refractivity contribution in [3.8, 4) is 0 Å². The van der Waals surface area contributed by atoms with Crippen molar-refractivity contribution in [1.29, 1.82) is 0 Å². The summed E-state index contributed by atoms with van der Waals surface area (Å²) in [4.78, 5) is 12.1. The van der Waals surface area contributed by atoms with Gasteiger partial charge in [-0.15, -0.1) is 0 Å². The van der Waals surface area contributed by atoms with Gasteiger partial charge in [0.1, 0.15) is 0 Å². The Morgan fingerprint density at radius 1 is 1.14 bits per heavy atom. The Morgan fingerprint density at radius 2 is 1.81 bits per heavy atom. The van der Waals surface area contributed by atoms with Crippen molar-refractivity contribution in [2.45, 2.75) is 69.5 Å². The fourth-order valence-corrected chi connectivity index (χ4v) is 3.57. The van der Waals surface area contributed by atoms with E-state index >= 15 is 0 Å². The van der Waals surface area contributed by atoms with Crippen LogP contribution in [0.1, 0.15) is 57.8 Å². The van der Waals surface area contributed by atoms with Gasteiger partial charge in [-0.05, 0) is 32.1 Å². The second-order valence-electron chi connectivity index (χ2n) is 6.74. The van der Waals surface area contributed by atoms with E-state index in [0.717, 1.165) is 25.7 Å². The van der Waals surface area contributed by atoms with Crippen LogP contribution in [-0.2, 0) is 4.79 Å². The molecular formula is C15H25F3N2O. The molecule has 3 nitrogen and oxygen atoms in total. The molecule has 0 bridgehead atoms. The lowest BCUT2D eigenvalue weighted by molar-refractivity contribution is -0.186. The smallest absolute Gasteiger partial charge is 0.354 e. The number of alkyl halides is 3. The van der Waals surface area contributed by atoms with E-state index in [1.165, 1.54) is 6.42 Å². The Hall–Kier alpha value is -0.780. The largest absolute Gasteiger partial charge is 0.391 e. The molecule has 0 spiro atoms. The lowest BCUT2D eigenvalue weighted by Gasteiger charge is -2.35. The minimum atomic E-state index is -4.18. The highest BCUT2D eigenvalue weighted by Crippen LogP contribution is 2.40. The normalized spacial score (nSPS) is 29.9. The molecule has 0 aromatic heterocycles. The molecule has 0 saturated heterocycles. The van der Waals surface area contributed by atoms with Gasteiger partial charge in [-0.3, -0.25) is 4.79 Å². The van der Waals surface area contributed by atoms with Gasteiger partial charge >= 0.3 is 6.18 Å². The highest BCUT2D eigenvalue weighted by molar-refractivity contribution is 5.78. The molecule has 2 unspecified atom stereocenters. The Morgan fingerprint density at radius 3 is 2.43 bits per heavy atom. The minimum Gasteiger partial charge on any atom is -0.354 e. The summed E-state index contributed by atoms with van der Waals surface area (Å²) in [6.45, 7) is 0.388. The molecule has 3 N–H and O–H groups in total. The van der Waals surface area contributed by atoms with Crippen LogP contribution in [0, 0.1) is 11.8 Å². The lowest BCUT2D eigenvalue weighted by Crippen LogP contribution is -2.52. The molecule has 122 valence electrons. The molecule has 1 amide bonds. The summed E-state index contributed by atoms with van der Waals surface area (Å²) in [5.74, 6) is -2.10. The fourth-order valence-electron chi connectivity index (χ4n) is 3.57. The molecule has 2 aliphatic carbocycles. The van der Waals surface area contributed by atoms with Crippen molar-refractivity contribution < 1.29 is 18.0 Å². The Labute approximate surface area is 123 Å². The van der Waals surface area contributed by atoms with Gasteiger partial charge in [0.05, 0.1) is 5.92 Å². The Bertz CT molecular complexity index is 364. The summed E-state index contributed by atoms with van der Waals surface area (Å²) in [5.41, 5.74) is 5.87. The number of hydrogen-bond acceptors (Lipinski definition) is 2. The molecule has 0 aromatic rings. The number of amides is 1. The van der Waals surface area contributed by atoms with Gasteiger partial charge in [0.25, 0.3) is 0 Å². The summed E-state index contributed by atoms with van der Waals surface area (Å²) in [5, 5.41) is 2.80. The maximum atomic E-state index is 12.8. The zero-order valence-corrected chi connectivity index (χ0v) is 12.3. The summed E-state index contributed by atoms with van der Waals surface area (Å²) in [6.07, 6.45) is 1.96. The first-order valence-electron chi connectivity index (χ1n) is 7.93. The molecule has 2 fully saturated rings. The molecule has 2 rings (SSSR count). The summed E-state index contributed by atoms with van der Waals surface area (Å²) < 4.78 is 38.3. The van der Waals surface area contributed by atoms with Crippen LogP contribution in [-0.4, -0.2) is 24.2 Å². The van der Waals surface area contributed by atoms with Crippen molar-refractivity contribution in [3.05, 3.63) is 0 Å². The highest BCUT2D eigenvalue weighted by Gasteiger charge is 2.43. The molecule has 2 atom stereocenters. The number of rotatable bonds is 3. The fraction of sp³-hybridized carbons (Fsp3) is 0.933. The average Bonchev–Trinajstić information content (AvgIpc) is 2.45. The van der Waals surface area contributed by atoms with Gasteiger partial charge in [0.2, 0.25) is 5.91 Å². The molecule has 0 aromatic carbocycles. The van der Waals surface area contributed by atoms with Gasteiger partial charge in [0, 0.05) is 18.0 Å². The summed E-state index contributed by atoms with van der Waals surface area (Å²) in [7, 11) is 0. The van der Waals surface area contributed by atoms with Crippen LogP contribution in [0.2, 0.25) is 0 Å². The summed E-state index contributed by atoms with van der Waals surface area (Å²) >= 11 is 0. The molecule has 6 heteroatoms. The SMILES string of the molecule is NC1(CNC(=O)C2CCCC(C(F)(F)F)C2)CCCCC1. The number of carbonyl (C=O) groups excluding carboxylic acids is 1. The van der Waals surface area contributed by atoms with Gasteiger partial charge < -0.3 is 11.1 Å². The topological polar surface area (TPSA) is 55.1 Å². The van der Waals surface area contributed by atoms with Crippen LogP contribution in [0.25, 0.3) is 0 Å². The molecule has 2 aliphatic rings. The van der Waals surface area contributed by atoms with Crippen LogP contribution >= 0.6 is 0 Å². The maximum absolute atomic E-state index is 12.8. The molecule has 0 heterocycles. The van der Waals surface area contributed by atoms with Crippen LogP contribution in [0.3, 0.4) is 0 Å². The number of nitrogens with two attached hydrogens (primary N) is 1. The second kappa shape index (κ2) is 6.55. The number of hydrogen-bond donors (Lipinski definition) is 2. The van der Waals surface area contributed by atoms with Crippen molar-refractivity contribution in [2.75, 3.05) is 6.54 Å². The van der Waals surface area contributed by atoms with E-state index in [9.17, 15) is 18.0 Å². The lowest BCUT2D eigenvalue weighted by atomic mass is 9.80. The van der Waals surface area contributed by atoms with Crippen molar-refractivity contribution in [3.63, 3.8) is 0 Å². The maximum Gasteiger partial charge on any atom is 0.391 e. The zero-order valence-electron chi connectivity index (χ0n) is 12.3. The first-order valence-corrected chi connectivity index (χ1v) is 7.93. The number of nitrogens with one attached hydrogen (secondary N) is 1. The van der Waals surface area contributed by atoms with E-state index in [0.29, 0.717) is 19.4 Å². The molecule has 21 heavy (non-hydrogen) atoms. The van der Waals surface area contributed by atoms with Gasteiger partial charge in [-0.25, -0.2) is 0 Å². The zero-order chi connectivity index (χ0) is 15.5. The van der Waals surface area contributed by atoms with Crippen LogP contribution < -0.4 is 11.1 Å². The van der Waals surface area contributed by atoms with E-state index in [1.54, 1.807) is 0 Å². The number of carbonyl (C=O) groups is 1. The third-order valence-corrected chi connectivity index (χ3v) is 4.97. The third-order valence-electron chi connectivity index (χ3n) is 4.97. The molecule has 2 saturated carbocycles. The first kappa shape index (κ1) is 16.6. The van der Waals surface area contributed by atoms with E-state index in [2.05, 4.69) is 5.32 Å². The first-order chi connectivity index (χ1) is 9.80. The Balaban J connectivity index is 1.82.